The SMILES string of the molecule is CCC(NS(=O)(=O)c1ccc(F)cc1)C(=O)Nc1cccc(C#N)c1. The number of carbonyl (C=O) groups is 1. The van der Waals surface area contributed by atoms with Gasteiger partial charge in [-0.3, -0.25) is 4.79 Å². The Morgan fingerprint density at radius 1 is 1.24 bits per heavy atom. The van der Waals surface area contributed by atoms with Gasteiger partial charge in [-0.1, -0.05) is 13.0 Å². The van der Waals surface area contributed by atoms with E-state index >= 15 is 0 Å². The van der Waals surface area contributed by atoms with Gasteiger partial charge in [0.25, 0.3) is 0 Å². The molecule has 1 unspecified atom stereocenters. The fourth-order valence-electron chi connectivity index (χ4n) is 2.09. The van der Waals surface area contributed by atoms with Crippen LogP contribution in [0.1, 0.15) is 18.9 Å². The average molecular weight is 361 g/mol. The van der Waals surface area contributed by atoms with Gasteiger partial charge in [0, 0.05) is 5.69 Å². The number of carbonyl (C=O) groups excluding carboxylic acids is 1. The molecule has 0 aliphatic carbocycles. The molecule has 6 nitrogen and oxygen atoms in total. The number of nitrogens with one attached hydrogen (secondary N) is 2. The van der Waals surface area contributed by atoms with Crippen molar-refractivity contribution in [2.24, 2.45) is 0 Å². The monoisotopic (exact) mass is 361 g/mol. The van der Waals surface area contributed by atoms with E-state index in [0.717, 1.165) is 24.3 Å². The highest BCUT2D eigenvalue weighted by Gasteiger charge is 2.24. The van der Waals surface area contributed by atoms with Crippen molar-refractivity contribution in [3.8, 4) is 6.07 Å². The van der Waals surface area contributed by atoms with E-state index in [1.54, 1.807) is 25.1 Å². The Labute approximate surface area is 145 Å². The molecule has 0 heterocycles. The Morgan fingerprint density at radius 3 is 2.52 bits per heavy atom. The molecule has 0 aromatic heterocycles. The molecule has 0 bridgehead atoms. The van der Waals surface area contributed by atoms with E-state index < -0.39 is 27.8 Å². The van der Waals surface area contributed by atoms with Gasteiger partial charge in [-0.2, -0.15) is 9.98 Å². The molecule has 0 saturated carbocycles. The van der Waals surface area contributed by atoms with Gasteiger partial charge < -0.3 is 5.32 Å². The lowest BCUT2D eigenvalue weighted by molar-refractivity contribution is -0.117. The van der Waals surface area contributed by atoms with Crippen molar-refractivity contribution in [2.45, 2.75) is 24.3 Å². The van der Waals surface area contributed by atoms with Crippen LogP contribution in [0.4, 0.5) is 10.1 Å². The quantitative estimate of drug-likeness (QED) is 0.825. The Bertz CT molecular complexity index is 905. The summed E-state index contributed by atoms with van der Waals surface area (Å²) in [6, 6.07) is 11.5. The number of nitriles is 1. The second kappa shape index (κ2) is 7.88. The van der Waals surface area contributed by atoms with Crippen molar-refractivity contribution in [2.75, 3.05) is 5.32 Å². The summed E-state index contributed by atoms with van der Waals surface area (Å²) in [5, 5.41) is 11.4. The second-order valence-corrected chi connectivity index (χ2v) is 6.93. The molecule has 2 aromatic rings. The predicted octanol–water partition coefficient (Wildman–Crippen LogP) is 2.39. The molecule has 0 radical (unpaired) electrons. The number of hydrogen-bond donors (Lipinski definition) is 2. The minimum atomic E-state index is -3.97. The third-order valence-electron chi connectivity index (χ3n) is 3.41. The summed E-state index contributed by atoms with van der Waals surface area (Å²) < 4.78 is 39.9. The number of anilines is 1. The van der Waals surface area contributed by atoms with Crippen molar-refractivity contribution in [1.29, 1.82) is 5.26 Å². The zero-order chi connectivity index (χ0) is 18.4. The third-order valence-corrected chi connectivity index (χ3v) is 4.89. The summed E-state index contributed by atoms with van der Waals surface area (Å²) in [5.74, 6) is -1.11. The number of sulfonamides is 1. The maximum Gasteiger partial charge on any atom is 0.242 e. The predicted molar refractivity (Wildman–Crippen MR) is 90.6 cm³/mol. The van der Waals surface area contributed by atoms with Gasteiger partial charge in [-0.25, -0.2) is 12.8 Å². The summed E-state index contributed by atoms with van der Waals surface area (Å²) in [6.45, 7) is 1.66. The van der Waals surface area contributed by atoms with Crippen molar-refractivity contribution in [1.82, 2.24) is 4.72 Å². The van der Waals surface area contributed by atoms with Crippen molar-refractivity contribution >= 4 is 21.6 Å². The van der Waals surface area contributed by atoms with Crippen LogP contribution in [-0.2, 0) is 14.8 Å². The van der Waals surface area contributed by atoms with Gasteiger partial charge in [0.05, 0.1) is 16.5 Å². The zero-order valence-electron chi connectivity index (χ0n) is 13.4. The molecule has 8 heteroatoms. The minimum absolute atomic E-state index is 0.133. The highest BCUT2D eigenvalue weighted by molar-refractivity contribution is 7.89. The third kappa shape index (κ3) is 4.86. The van der Waals surface area contributed by atoms with Crippen LogP contribution in [0.3, 0.4) is 0 Å². The van der Waals surface area contributed by atoms with Gasteiger partial charge in [-0.05, 0) is 48.9 Å². The molecule has 0 aliphatic rings. The van der Waals surface area contributed by atoms with Crippen LogP contribution in [0.5, 0.6) is 0 Å². The van der Waals surface area contributed by atoms with Crippen molar-refractivity contribution in [3.05, 3.63) is 59.9 Å². The maximum absolute atomic E-state index is 12.9. The number of nitrogens with zero attached hydrogens (tertiary/aromatic N) is 1. The van der Waals surface area contributed by atoms with Gasteiger partial charge in [-0.15, -0.1) is 0 Å². The van der Waals surface area contributed by atoms with Crippen LogP contribution in [0.15, 0.2) is 53.4 Å². The number of halogens is 1. The van der Waals surface area contributed by atoms with Crippen molar-refractivity contribution < 1.29 is 17.6 Å². The summed E-state index contributed by atoms with van der Waals surface area (Å²) in [6.07, 6.45) is 0.212. The first-order chi connectivity index (χ1) is 11.9. The van der Waals surface area contributed by atoms with Crippen molar-refractivity contribution in [3.63, 3.8) is 0 Å². The smallest absolute Gasteiger partial charge is 0.242 e. The lowest BCUT2D eigenvalue weighted by atomic mass is 10.2. The van der Waals surface area contributed by atoms with E-state index in [2.05, 4.69) is 10.0 Å². The van der Waals surface area contributed by atoms with Gasteiger partial charge in [0.15, 0.2) is 0 Å². The molecule has 2 N–H and O–H groups in total. The fourth-order valence-corrected chi connectivity index (χ4v) is 3.37. The molecule has 0 aliphatic heterocycles. The number of rotatable bonds is 6. The van der Waals surface area contributed by atoms with Gasteiger partial charge in [0.1, 0.15) is 11.9 Å². The van der Waals surface area contributed by atoms with Crippen LogP contribution in [0.2, 0.25) is 0 Å². The minimum Gasteiger partial charge on any atom is -0.325 e. The highest BCUT2D eigenvalue weighted by atomic mass is 32.2. The molecule has 2 aromatic carbocycles. The first-order valence-electron chi connectivity index (χ1n) is 7.44. The van der Waals surface area contributed by atoms with E-state index in [1.807, 2.05) is 6.07 Å². The average Bonchev–Trinajstić information content (AvgIpc) is 2.60. The molecule has 0 fully saturated rings. The molecular weight excluding hydrogens is 345 g/mol. The number of amides is 1. The largest absolute Gasteiger partial charge is 0.325 e. The Hall–Kier alpha value is -2.76. The molecule has 0 saturated heterocycles. The number of hydrogen-bond acceptors (Lipinski definition) is 4. The number of benzene rings is 2. The molecule has 25 heavy (non-hydrogen) atoms. The first-order valence-corrected chi connectivity index (χ1v) is 8.93. The van der Waals surface area contributed by atoms with Crippen LogP contribution >= 0.6 is 0 Å². The standard InChI is InChI=1S/C17H16FN3O3S/c1-2-16(17(22)20-14-5-3-4-12(10-14)11-19)21-25(23,24)15-8-6-13(18)7-9-15/h3-10,16,21H,2H2,1H3,(H,20,22). The van der Waals surface area contributed by atoms with E-state index in [0.29, 0.717) is 11.3 Å². The molecular formula is C17H16FN3O3S. The second-order valence-electron chi connectivity index (χ2n) is 5.22. The Kier molecular flexibility index (Phi) is 5.85. The lowest BCUT2D eigenvalue weighted by Crippen LogP contribution is -2.43. The highest BCUT2D eigenvalue weighted by Crippen LogP contribution is 2.13. The lowest BCUT2D eigenvalue weighted by Gasteiger charge is -2.17. The normalized spacial score (nSPS) is 12.2. The molecule has 0 spiro atoms. The van der Waals surface area contributed by atoms with E-state index in [9.17, 15) is 17.6 Å². The fraction of sp³-hybridized carbons (Fsp3) is 0.176. The Balaban J connectivity index is 2.14. The Morgan fingerprint density at radius 2 is 1.92 bits per heavy atom. The van der Waals surface area contributed by atoms with E-state index in [1.165, 1.54) is 6.07 Å². The van der Waals surface area contributed by atoms with Crippen LogP contribution in [0, 0.1) is 17.1 Å². The van der Waals surface area contributed by atoms with E-state index in [-0.39, 0.29) is 11.3 Å². The molecule has 1 atom stereocenters. The van der Waals surface area contributed by atoms with Gasteiger partial charge in [0.2, 0.25) is 15.9 Å². The maximum atomic E-state index is 12.9. The van der Waals surface area contributed by atoms with Gasteiger partial charge >= 0.3 is 0 Å². The topological polar surface area (TPSA) is 99.1 Å². The van der Waals surface area contributed by atoms with Crippen LogP contribution in [-0.4, -0.2) is 20.4 Å². The van der Waals surface area contributed by atoms with Crippen LogP contribution < -0.4 is 10.0 Å². The molecule has 1 amide bonds. The summed E-state index contributed by atoms with van der Waals surface area (Å²) >= 11 is 0. The van der Waals surface area contributed by atoms with E-state index in [4.69, 9.17) is 5.26 Å². The summed E-state index contributed by atoms with van der Waals surface area (Å²) in [5.41, 5.74) is 0.765. The zero-order valence-corrected chi connectivity index (χ0v) is 14.2. The molecule has 2 rings (SSSR count). The summed E-state index contributed by atoms with van der Waals surface area (Å²) in [4.78, 5) is 12.2. The molecule has 130 valence electrons. The summed E-state index contributed by atoms with van der Waals surface area (Å²) in [7, 11) is -3.97. The van der Waals surface area contributed by atoms with Crippen LogP contribution in [0.25, 0.3) is 0 Å². The first kappa shape index (κ1) is 18.6.